The number of carbonyl (C=O) groups is 1. The first-order valence-electron chi connectivity index (χ1n) is 6.63. The Hall–Kier alpha value is -1.35. The van der Waals surface area contributed by atoms with E-state index in [1.165, 1.54) is 5.56 Å². The lowest BCUT2D eigenvalue weighted by Gasteiger charge is -2.11. The maximum absolute atomic E-state index is 12.1. The van der Waals surface area contributed by atoms with Crippen molar-refractivity contribution < 1.29 is 4.79 Å². The van der Waals surface area contributed by atoms with Crippen LogP contribution in [0.3, 0.4) is 0 Å². The second-order valence-electron chi connectivity index (χ2n) is 4.74. The van der Waals surface area contributed by atoms with Crippen molar-refractivity contribution in [1.29, 1.82) is 0 Å². The van der Waals surface area contributed by atoms with E-state index in [-0.39, 0.29) is 5.91 Å². The number of nitrogens with one attached hydrogen (secondary N) is 2. The molecule has 0 aliphatic rings. The second-order valence-corrected chi connectivity index (χ2v) is 4.74. The van der Waals surface area contributed by atoms with Gasteiger partial charge in [0.05, 0.1) is 0 Å². The molecule has 2 N–H and O–H groups in total. The zero-order chi connectivity index (χ0) is 13.5. The number of hydrogen-bond acceptors (Lipinski definition) is 2. The fourth-order valence-electron chi connectivity index (χ4n) is 2.22. The number of aryl methyl sites for hydroxylation is 3. The number of hydrogen-bond donors (Lipinski definition) is 2. The highest BCUT2D eigenvalue weighted by Crippen LogP contribution is 2.16. The van der Waals surface area contributed by atoms with Crippen LogP contribution in [0.1, 0.15) is 40.4 Å². The number of benzene rings is 1. The van der Waals surface area contributed by atoms with Crippen molar-refractivity contribution in [2.24, 2.45) is 0 Å². The molecule has 0 bridgehead atoms. The van der Waals surface area contributed by atoms with Gasteiger partial charge in [-0.3, -0.25) is 4.79 Å². The van der Waals surface area contributed by atoms with Gasteiger partial charge in [-0.1, -0.05) is 24.6 Å². The smallest absolute Gasteiger partial charge is 0.251 e. The Bertz CT molecular complexity index is 390. The molecule has 1 amide bonds. The summed E-state index contributed by atoms with van der Waals surface area (Å²) in [6, 6.07) is 4.11. The molecule has 0 saturated carbocycles. The summed E-state index contributed by atoms with van der Waals surface area (Å²) in [4.78, 5) is 12.1. The zero-order valence-electron chi connectivity index (χ0n) is 11.9. The Balaban J connectivity index is 2.57. The highest BCUT2D eigenvalue weighted by atomic mass is 16.1. The normalized spacial score (nSPS) is 10.4. The van der Waals surface area contributed by atoms with Crippen LogP contribution in [0.5, 0.6) is 0 Å². The minimum Gasteiger partial charge on any atom is -0.352 e. The van der Waals surface area contributed by atoms with Gasteiger partial charge in [0.15, 0.2) is 0 Å². The van der Waals surface area contributed by atoms with E-state index in [4.69, 9.17) is 0 Å². The van der Waals surface area contributed by atoms with Crippen molar-refractivity contribution in [3.05, 3.63) is 34.4 Å². The molecule has 18 heavy (non-hydrogen) atoms. The van der Waals surface area contributed by atoms with Gasteiger partial charge in [0.25, 0.3) is 5.91 Å². The summed E-state index contributed by atoms with van der Waals surface area (Å²) in [5, 5.41) is 6.22. The van der Waals surface area contributed by atoms with E-state index >= 15 is 0 Å². The third kappa shape index (κ3) is 4.15. The number of amides is 1. The Morgan fingerprint density at radius 2 is 1.72 bits per heavy atom. The van der Waals surface area contributed by atoms with Gasteiger partial charge in [-0.2, -0.15) is 0 Å². The standard InChI is InChI=1S/C15H24N2O/c1-5-16-7-6-8-17-15(18)14-12(3)9-11(2)10-13(14)4/h9-10,16H,5-8H2,1-4H3,(H,17,18). The molecule has 100 valence electrons. The minimum atomic E-state index is 0.0431. The van der Waals surface area contributed by atoms with Gasteiger partial charge in [-0.15, -0.1) is 0 Å². The van der Waals surface area contributed by atoms with Crippen LogP contribution >= 0.6 is 0 Å². The SMILES string of the molecule is CCNCCCNC(=O)c1c(C)cc(C)cc1C. The molecule has 1 rings (SSSR count). The predicted molar refractivity (Wildman–Crippen MR) is 76.1 cm³/mol. The quantitative estimate of drug-likeness (QED) is 0.759. The van der Waals surface area contributed by atoms with Gasteiger partial charge < -0.3 is 10.6 Å². The number of rotatable bonds is 6. The lowest BCUT2D eigenvalue weighted by molar-refractivity contribution is 0.0952. The monoisotopic (exact) mass is 248 g/mol. The lowest BCUT2D eigenvalue weighted by atomic mass is 9.99. The first-order chi connectivity index (χ1) is 8.56. The van der Waals surface area contributed by atoms with Crippen molar-refractivity contribution >= 4 is 5.91 Å². The van der Waals surface area contributed by atoms with E-state index in [2.05, 4.69) is 36.6 Å². The van der Waals surface area contributed by atoms with Gasteiger partial charge in [0, 0.05) is 12.1 Å². The Morgan fingerprint density at radius 1 is 1.11 bits per heavy atom. The molecule has 0 fully saturated rings. The summed E-state index contributed by atoms with van der Waals surface area (Å²) in [7, 11) is 0. The third-order valence-electron chi connectivity index (χ3n) is 2.97. The zero-order valence-corrected chi connectivity index (χ0v) is 11.9. The van der Waals surface area contributed by atoms with Crippen LogP contribution in [-0.2, 0) is 0 Å². The summed E-state index contributed by atoms with van der Waals surface area (Å²) in [6.45, 7) is 10.8. The van der Waals surface area contributed by atoms with E-state index in [9.17, 15) is 4.79 Å². The van der Waals surface area contributed by atoms with Gasteiger partial charge in [0.1, 0.15) is 0 Å². The van der Waals surface area contributed by atoms with Crippen LogP contribution in [0.25, 0.3) is 0 Å². The van der Waals surface area contributed by atoms with Crippen LogP contribution in [0, 0.1) is 20.8 Å². The maximum atomic E-state index is 12.1. The molecule has 0 radical (unpaired) electrons. The van der Waals surface area contributed by atoms with Crippen molar-refractivity contribution in [2.45, 2.75) is 34.1 Å². The highest BCUT2D eigenvalue weighted by molar-refractivity contribution is 5.97. The van der Waals surface area contributed by atoms with Crippen molar-refractivity contribution in [3.8, 4) is 0 Å². The first-order valence-corrected chi connectivity index (χ1v) is 6.63. The molecular weight excluding hydrogens is 224 g/mol. The molecule has 1 aromatic carbocycles. The summed E-state index contributed by atoms with van der Waals surface area (Å²) in [5.41, 5.74) is 4.13. The fraction of sp³-hybridized carbons (Fsp3) is 0.533. The molecule has 0 unspecified atom stereocenters. The van der Waals surface area contributed by atoms with E-state index in [1.807, 2.05) is 13.8 Å². The topological polar surface area (TPSA) is 41.1 Å². The molecule has 0 aliphatic carbocycles. The van der Waals surface area contributed by atoms with Crippen LogP contribution in [0.2, 0.25) is 0 Å². The van der Waals surface area contributed by atoms with Gasteiger partial charge in [0.2, 0.25) is 0 Å². The Labute approximate surface area is 110 Å². The van der Waals surface area contributed by atoms with Crippen molar-refractivity contribution in [1.82, 2.24) is 10.6 Å². The fourth-order valence-corrected chi connectivity index (χ4v) is 2.22. The molecule has 0 aliphatic heterocycles. The Morgan fingerprint density at radius 3 is 2.28 bits per heavy atom. The number of carbonyl (C=O) groups excluding carboxylic acids is 1. The van der Waals surface area contributed by atoms with E-state index in [0.29, 0.717) is 0 Å². The average molecular weight is 248 g/mol. The van der Waals surface area contributed by atoms with Crippen LogP contribution < -0.4 is 10.6 Å². The summed E-state index contributed by atoms with van der Waals surface area (Å²) in [5.74, 6) is 0.0431. The maximum Gasteiger partial charge on any atom is 0.251 e. The van der Waals surface area contributed by atoms with Gasteiger partial charge in [-0.05, 0) is 51.4 Å². The highest BCUT2D eigenvalue weighted by Gasteiger charge is 2.11. The molecule has 3 heteroatoms. The lowest BCUT2D eigenvalue weighted by Crippen LogP contribution is -2.28. The van der Waals surface area contributed by atoms with Crippen molar-refractivity contribution in [2.75, 3.05) is 19.6 Å². The first kappa shape index (κ1) is 14.7. The van der Waals surface area contributed by atoms with Gasteiger partial charge >= 0.3 is 0 Å². The van der Waals surface area contributed by atoms with Crippen molar-refractivity contribution in [3.63, 3.8) is 0 Å². The van der Waals surface area contributed by atoms with Crippen LogP contribution in [0.4, 0.5) is 0 Å². The minimum absolute atomic E-state index is 0.0431. The van der Waals surface area contributed by atoms with E-state index in [1.54, 1.807) is 0 Å². The summed E-state index contributed by atoms with van der Waals surface area (Å²) >= 11 is 0. The molecule has 0 atom stereocenters. The molecule has 0 saturated heterocycles. The average Bonchev–Trinajstić information content (AvgIpc) is 2.27. The molecule has 0 spiro atoms. The molecular formula is C15H24N2O. The molecule has 0 aromatic heterocycles. The van der Waals surface area contributed by atoms with Gasteiger partial charge in [-0.25, -0.2) is 0 Å². The van der Waals surface area contributed by atoms with Crippen LogP contribution in [0.15, 0.2) is 12.1 Å². The third-order valence-corrected chi connectivity index (χ3v) is 2.97. The largest absolute Gasteiger partial charge is 0.352 e. The van der Waals surface area contributed by atoms with E-state index in [0.717, 1.165) is 42.7 Å². The Kier molecular flexibility index (Phi) is 5.86. The molecule has 1 aromatic rings. The second kappa shape index (κ2) is 7.17. The molecule has 0 heterocycles. The molecule has 3 nitrogen and oxygen atoms in total. The summed E-state index contributed by atoms with van der Waals surface area (Å²) < 4.78 is 0. The predicted octanol–water partition coefficient (Wildman–Crippen LogP) is 2.34. The van der Waals surface area contributed by atoms with E-state index < -0.39 is 0 Å². The van der Waals surface area contributed by atoms with Crippen LogP contribution in [-0.4, -0.2) is 25.5 Å². The summed E-state index contributed by atoms with van der Waals surface area (Å²) in [6.07, 6.45) is 0.962.